The molecule has 1 aliphatic heterocycles. The van der Waals surface area contributed by atoms with Gasteiger partial charge in [-0.25, -0.2) is 4.98 Å². The molecule has 0 saturated carbocycles. The predicted molar refractivity (Wildman–Crippen MR) is 111 cm³/mol. The van der Waals surface area contributed by atoms with Crippen LogP contribution in [0.5, 0.6) is 0 Å². The summed E-state index contributed by atoms with van der Waals surface area (Å²) in [5, 5.41) is 0. The van der Waals surface area contributed by atoms with Crippen LogP contribution in [0, 0.1) is 0 Å². The monoisotopic (exact) mass is 425 g/mol. The Balaban J connectivity index is 1.45. The molecule has 0 amide bonds. The maximum Gasteiger partial charge on any atom is 0.418 e. The zero-order valence-corrected chi connectivity index (χ0v) is 16.4. The molecule has 6 nitrogen and oxygen atoms in total. The van der Waals surface area contributed by atoms with Crippen molar-refractivity contribution in [2.45, 2.75) is 6.18 Å². The molecule has 1 aromatic carbocycles. The Labute approximate surface area is 175 Å². The van der Waals surface area contributed by atoms with E-state index in [0.29, 0.717) is 30.3 Å². The second kappa shape index (κ2) is 7.66. The van der Waals surface area contributed by atoms with Crippen LogP contribution in [0.2, 0.25) is 0 Å². The van der Waals surface area contributed by atoms with E-state index < -0.39 is 11.7 Å². The van der Waals surface area contributed by atoms with Crippen molar-refractivity contribution in [1.82, 2.24) is 19.9 Å². The Kier molecular flexibility index (Phi) is 4.82. The third-order valence-electron chi connectivity index (χ3n) is 5.23. The fourth-order valence-corrected chi connectivity index (χ4v) is 3.68. The Morgan fingerprint density at radius 2 is 1.84 bits per heavy atom. The van der Waals surface area contributed by atoms with Crippen LogP contribution >= 0.6 is 0 Å². The number of hydrogen-bond acceptors (Lipinski definition) is 5. The van der Waals surface area contributed by atoms with Crippen LogP contribution in [0.3, 0.4) is 0 Å². The maximum atomic E-state index is 13.3. The van der Waals surface area contributed by atoms with E-state index >= 15 is 0 Å². The van der Waals surface area contributed by atoms with Crippen LogP contribution in [0.15, 0.2) is 54.9 Å². The number of nitrogens with one attached hydrogen (secondary N) is 1. The van der Waals surface area contributed by atoms with Crippen molar-refractivity contribution in [3.05, 3.63) is 60.4 Å². The number of benzene rings is 1. The van der Waals surface area contributed by atoms with Crippen molar-refractivity contribution in [3.8, 4) is 22.8 Å². The minimum absolute atomic E-state index is 0.145. The summed E-state index contributed by atoms with van der Waals surface area (Å²) in [6, 6.07) is 11.5. The van der Waals surface area contributed by atoms with Crippen molar-refractivity contribution in [3.63, 3.8) is 0 Å². The van der Waals surface area contributed by atoms with Crippen LogP contribution in [0.4, 0.5) is 18.9 Å². The first kappa shape index (κ1) is 19.5. The molecule has 4 heterocycles. The minimum Gasteiger partial charge on any atom is -0.378 e. The van der Waals surface area contributed by atoms with Gasteiger partial charge in [0.1, 0.15) is 5.69 Å². The van der Waals surface area contributed by atoms with Crippen molar-refractivity contribution in [2.75, 3.05) is 31.2 Å². The molecule has 1 aliphatic rings. The lowest BCUT2D eigenvalue weighted by Gasteiger charge is -2.28. The van der Waals surface area contributed by atoms with Gasteiger partial charge in [-0.2, -0.15) is 13.2 Å². The fraction of sp³-hybridized carbons (Fsp3) is 0.227. The van der Waals surface area contributed by atoms with Gasteiger partial charge in [-0.3, -0.25) is 9.97 Å². The first-order valence-electron chi connectivity index (χ1n) is 9.80. The topological polar surface area (TPSA) is 66.9 Å². The summed E-state index contributed by atoms with van der Waals surface area (Å²) in [5.74, 6) is 0.553. The Hall–Kier alpha value is -3.46. The van der Waals surface area contributed by atoms with Crippen LogP contribution in [0.25, 0.3) is 33.8 Å². The zero-order chi connectivity index (χ0) is 21.4. The second-order valence-electron chi connectivity index (χ2n) is 7.22. The van der Waals surface area contributed by atoms with E-state index in [-0.39, 0.29) is 5.69 Å². The number of halogens is 3. The number of nitrogens with zero attached hydrogens (tertiary/aromatic N) is 4. The van der Waals surface area contributed by atoms with E-state index in [0.717, 1.165) is 35.9 Å². The first-order chi connectivity index (χ1) is 15.0. The maximum absolute atomic E-state index is 13.3. The van der Waals surface area contributed by atoms with Gasteiger partial charge in [0.25, 0.3) is 0 Å². The molecular weight excluding hydrogens is 407 g/mol. The van der Waals surface area contributed by atoms with E-state index in [1.807, 2.05) is 18.2 Å². The molecular formula is C22H18F3N5O. The largest absolute Gasteiger partial charge is 0.418 e. The summed E-state index contributed by atoms with van der Waals surface area (Å²) >= 11 is 0. The molecule has 1 saturated heterocycles. The molecule has 0 radical (unpaired) electrons. The number of aromatic amines is 1. The van der Waals surface area contributed by atoms with Crippen LogP contribution in [-0.4, -0.2) is 46.2 Å². The highest BCUT2D eigenvalue weighted by atomic mass is 19.4. The summed E-state index contributed by atoms with van der Waals surface area (Å²) in [6.45, 7) is 3.08. The first-order valence-corrected chi connectivity index (χ1v) is 9.80. The molecule has 0 bridgehead atoms. The highest BCUT2D eigenvalue weighted by molar-refractivity contribution is 5.82. The number of morpholine rings is 1. The van der Waals surface area contributed by atoms with E-state index in [9.17, 15) is 13.2 Å². The molecule has 0 aliphatic carbocycles. The van der Waals surface area contributed by atoms with Crippen molar-refractivity contribution < 1.29 is 17.9 Å². The minimum atomic E-state index is -4.49. The van der Waals surface area contributed by atoms with Crippen LogP contribution in [-0.2, 0) is 10.9 Å². The van der Waals surface area contributed by atoms with Gasteiger partial charge in [-0.05, 0) is 42.5 Å². The number of pyridine rings is 2. The molecule has 0 spiro atoms. The number of hydrogen-bond donors (Lipinski definition) is 1. The lowest BCUT2D eigenvalue weighted by Crippen LogP contribution is -2.36. The molecule has 1 fully saturated rings. The molecule has 158 valence electrons. The van der Waals surface area contributed by atoms with Crippen molar-refractivity contribution in [1.29, 1.82) is 0 Å². The average Bonchev–Trinajstić information content (AvgIpc) is 3.23. The fourth-order valence-electron chi connectivity index (χ4n) is 3.68. The lowest BCUT2D eigenvalue weighted by molar-refractivity contribution is -0.137. The normalized spacial score (nSPS) is 14.9. The van der Waals surface area contributed by atoms with E-state index in [4.69, 9.17) is 4.74 Å². The molecule has 0 atom stereocenters. The molecule has 0 unspecified atom stereocenters. The van der Waals surface area contributed by atoms with Crippen molar-refractivity contribution in [2.24, 2.45) is 0 Å². The SMILES string of the molecule is FC(F)(F)c1cccnc1-c1ccc(-c2nc3ccc(N4CCOCC4)cc3[nH]2)nc1. The van der Waals surface area contributed by atoms with Gasteiger partial charge < -0.3 is 14.6 Å². The Morgan fingerprint density at radius 3 is 2.58 bits per heavy atom. The summed E-state index contributed by atoms with van der Waals surface area (Å²) in [4.78, 5) is 18.3. The summed E-state index contributed by atoms with van der Waals surface area (Å²) < 4.78 is 45.2. The standard InChI is InChI=1S/C22H18F3N5O/c23-22(24,25)16-2-1-7-26-20(16)14-3-5-18(27-13-14)21-28-17-6-4-15(12-19(17)29-21)30-8-10-31-11-9-30/h1-7,12-13H,8-11H2,(H,28,29). The molecule has 5 rings (SSSR count). The molecule has 1 N–H and O–H groups in total. The van der Waals surface area contributed by atoms with Gasteiger partial charge in [0, 0.05) is 36.7 Å². The number of aromatic nitrogens is 4. The van der Waals surface area contributed by atoms with Gasteiger partial charge in [0.15, 0.2) is 5.82 Å². The number of rotatable bonds is 3. The quantitative estimate of drug-likeness (QED) is 0.522. The van der Waals surface area contributed by atoms with Gasteiger partial charge in [0.2, 0.25) is 0 Å². The summed E-state index contributed by atoms with van der Waals surface area (Å²) in [5.41, 5.74) is 2.65. The zero-order valence-electron chi connectivity index (χ0n) is 16.4. The third kappa shape index (κ3) is 3.84. The van der Waals surface area contributed by atoms with E-state index in [1.54, 1.807) is 12.1 Å². The number of alkyl halides is 3. The number of ether oxygens (including phenoxy) is 1. The molecule has 31 heavy (non-hydrogen) atoms. The number of H-pyrrole nitrogens is 1. The van der Waals surface area contributed by atoms with Gasteiger partial charge in [-0.1, -0.05) is 0 Å². The number of imidazole rings is 1. The summed E-state index contributed by atoms with van der Waals surface area (Å²) in [6.07, 6.45) is -1.76. The van der Waals surface area contributed by atoms with Crippen LogP contribution < -0.4 is 4.90 Å². The third-order valence-corrected chi connectivity index (χ3v) is 5.23. The Bertz CT molecular complexity index is 1210. The average molecular weight is 425 g/mol. The molecule has 4 aromatic rings. The predicted octanol–water partition coefficient (Wildman–Crippen LogP) is 4.54. The van der Waals surface area contributed by atoms with E-state index in [1.165, 1.54) is 18.5 Å². The number of fused-ring (bicyclic) bond motifs is 1. The Morgan fingerprint density at radius 1 is 1.00 bits per heavy atom. The molecule has 3 aromatic heterocycles. The lowest BCUT2D eigenvalue weighted by atomic mass is 10.1. The number of anilines is 1. The highest BCUT2D eigenvalue weighted by Gasteiger charge is 2.34. The smallest absolute Gasteiger partial charge is 0.378 e. The second-order valence-corrected chi connectivity index (χ2v) is 7.22. The van der Waals surface area contributed by atoms with E-state index in [2.05, 4.69) is 24.8 Å². The summed E-state index contributed by atoms with van der Waals surface area (Å²) in [7, 11) is 0. The molecule has 9 heteroatoms. The van der Waals surface area contributed by atoms with Gasteiger partial charge >= 0.3 is 6.18 Å². The van der Waals surface area contributed by atoms with Gasteiger partial charge in [-0.15, -0.1) is 0 Å². The van der Waals surface area contributed by atoms with Crippen molar-refractivity contribution >= 4 is 16.7 Å². The van der Waals surface area contributed by atoms with Gasteiger partial charge in [0.05, 0.1) is 35.5 Å². The highest BCUT2D eigenvalue weighted by Crippen LogP contribution is 2.35. The van der Waals surface area contributed by atoms with Crippen LogP contribution in [0.1, 0.15) is 5.56 Å².